The van der Waals surface area contributed by atoms with E-state index in [0.717, 1.165) is 11.8 Å². The number of nitrogens with one attached hydrogen (secondary N) is 2. The van der Waals surface area contributed by atoms with Crippen molar-refractivity contribution in [2.24, 2.45) is 0 Å². The molecule has 8 heteroatoms. The molecule has 0 atom stereocenters. The van der Waals surface area contributed by atoms with Gasteiger partial charge < -0.3 is 10.6 Å². The smallest absolute Gasteiger partial charge is 0.232 e. The lowest BCUT2D eigenvalue weighted by Gasteiger charge is -2.22. The fourth-order valence-corrected chi connectivity index (χ4v) is 3.71. The Balaban J connectivity index is 1.95. The van der Waals surface area contributed by atoms with Gasteiger partial charge in [-0.15, -0.1) is 0 Å². The number of hydrogen-bond acceptors (Lipinski definition) is 4. The highest BCUT2D eigenvalue weighted by atomic mass is 32.2. The van der Waals surface area contributed by atoms with Crippen molar-refractivity contribution in [3.63, 3.8) is 0 Å². The maximum Gasteiger partial charge on any atom is 0.232 e. The summed E-state index contributed by atoms with van der Waals surface area (Å²) in [5, 5.41) is 5.41. The zero-order chi connectivity index (χ0) is 20.7. The largest absolute Gasteiger partial charge is 0.326 e. The van der Waals surface area contributed by atoms with E-state index in [1.54, 1.807) is 42.5 Å². The third-order valence-electron chi connectivity index (χ3n) is 3.92. The van der Waals surface area contributed by atoms with Crippen LogP contribution in [0.4, 0.5) is 17.1 Å². The molecule has 2 N–H and O–H groups in total. The van der Waals surface area contributed by atoms with Crippen molar-refractivity contribution in [1.82, 2.24) is 0 Å². The minimum absolute atomic E-state index is 0.169. The van der Waals surface area contributed by atoms with Crippen molar-refractivity contribution in [2.45, 2.75) is 26.7 Å². The molecule has 0 bridgehead atoms. The average molecular weight is 404 g/mol. The van der Waals surface area contributed by atoms with Crippen LogP contribution in [0.1, 0.15) is 25.3 Å². The van der Waals surface area contributed by atoms with Gasteiger partial charge in [-0.3, -0.25) is 13.9 Å². The Hall–Kier alpha value is -2.87. The molecule has 0 aliphatic carbocycles. The predicted octanol–water partition coefficient (Wildman–Crippen LogP) is 3.14. The maximum absolute atomic E-state index is 12.2. The Morgan fingerprint density at radius 3 is 2.25 bits per heavy atom. The Morgan fingerprint density at radius 1 is 1.00 bits per heavy atom. The molecule has 0 saturated carbocycles. The van der Waals surface area contributed by atoms with E-state index in [-0.39, 0.29) is 24.8 Å². The van der Waals surface area contributed by atoms with Gasteiger partial charge in [-0.1, -0.05) is 18.2 Å². The lowest BCUT2D eigenvalue weighted by Crippen LogP contribution is -2.31. The second kappa shape index (κ2) is 9.36. The second-order valence-electron chi connectivity index (χ2n) is 6.59. The van der Waals surface area contributed by atoms with E-state index in [1.807, 2.05) is 13.0 Å². The summed E-state index contributed by atoms with van der Waals surface area (Å²) in [6.07, 6.45) is 1.70. The standard InChI is InChI=1S/C20H25N3O4S/c1-15-7-4-10-19(13-15)23(28(3,26)27)12-6-11-20(25)22-18-9-5-8-17(14-18)21-16(2)24/h4-5,7-10,13-14H,6,11-12H2,1-3H3,(H,21,24)(H,22,25). The molecule has 0 aliphatic rings. The minimum Gasteiger partial charge on any atom is -0.326 e. The summed E-state index contributed by atoms with van der Waals surface area (Å²) in [5.74, 6) is -0.418. The molecule has 0 heterocycles. The molecule has 0 saturated heterocycles. The first-order valence-electron chi connectivity index (χ1n) is 8.87. The number of anilines is 3. The molecule has 0 aromatic heterocycles. The molecule has 0 radical (unpaired) electrons. The summed E-state index contributed by atoms with van der Waals surface area (Å²) >= 11 is 0. The highest BCUT2D eigenvalue weighted by molar-refractivity contribution is 7.92. The van der Waals surface area contributed by atoms with Crippen LogP contribution in [0.25, 0.3) is 0 Å². The highest BCUT2D eigenvalue weighted by Gasteiger charge is 2.17. The molecule has 150 valence electrons. The van der Waals surface area contributed by atoms with Gasteiger partial charge in [0.2, 0.25) is 21.8 Å². The van der Waals surface area contributed by atoms with Crippen LogP contribution < -0.4 is 14.9 Å². The third kappa shape index (κ3) is 6.70. The Bertz CT molecular complexity index is 957. The molecule has 2 rings (SSSR count). The Morgan fingerprint density at radius 2 is 1.64 bits per heavy atom. The van der Waals surface area contributed by atoms with Crippen LogP contribution in [-0.4, -0.2) is 33.0 Å². The number of aryl methyl sites for hydroxylation is 1. The molecule has 0 unspecified atom stereocenters. The SMILES string of the molecule is CC(=O)Nc1cccc(NC(=O)CCCN(c2cccc(C)c2)S(C)(=O)=O)c1. The molecule has 0 fully saturated rings. The zero-order valence-electron chi connectivity index (χ0n) is 16.2. The van der Waals surface area contributed by atoms with Gasteiger partial charge in [-0.2, -0.15) is 0 Å². The van der Waals surface area contributed by atoms with E-state index in [0.29, 0.717) is 23.5 Å². The van der Waals surface area contributed by atoms with Crippen molar-refractivity contribution in [3.8, 4) is 0 Å². The van der Waals surface area contributed by atoms with Gasteiger partial charge in [0.15, 0.2) is 0 Å². The summed E-state index contributed by atoms with van der Waals surface area (Å²) in [6, 6.07) is 14.1. The summed E-state index contributed by atoms with van der Waals surface area (Å²) < 4.78 is 25.6. The van der Waals surface area contributed by atoms with Crippen LogP contribution in [0.3, 0.4) is 0 Å². The summed E-state index contributed by atoms with van der Waals surface area (Å²) in [6.45, 7) is 3.52. The number of carbonyl (C=O) groups is 2. The number of hydrogen-bond donors (Lipinski definition) is 2. The monoisotopic (exact) mass is 403 g/mol. The molecular formula is C20H25N3O4S. The molecule has 2 aromatic carbocycles. The summed E-state index contributed by atoms with van der Waals surface area (Å²) in [4.78, 5) is 23.3. The lowest BCUT2D eigenvalue weighted by atomic mass is 10.2. The van der Waals surface area contributed by atoms with Gasteiger partial charge in [-0.25, -0.2) is 8.42 Å². The Labute approximate surface area is 165 Å². The van der Waals surface area contributed by atoms with Crippen LogP contribution in [0.2, 0.25) is 0 Å². The number of benzene rings is 2. The van der Waals surface area contributed by atoms with Crippen LogP contribution in [0.15, 0.2) is 48.5 Å². The predicted molar refractivity (Wildman–Crippen MR) is 112 cm³/mol. The molecule has 2 amide bonds. The van der Waals surface area contributed by atoms with Gasteiger partial charge >= 0.3 is 0 Å². The molecule has 2 aromatic rings. The Kier molecular flexibility index (Phi) is 7.17. The molecular weight excluding hydrogens is 378 g/mol. The van der Waals surface area contributed by atoms with Gasteiger partial charge in [0.1, 0.15) is 0 Å². The fourth-order valence-electron chi connectivity index (χ4n) is 2.75. The first-order valence-corrected chi connectivity index (χ1v) is 10.7. The quantitative estimate of drug-likeness (QED) is 0.708. The van der Waals surface area contributed by atoms with E-state index in [1.165, 1.54) is 11.2 Å². The molecule has 0 aliphatic heterocycles. The van der Waals surface area contributed by atoms with Crippen molar-refractivity contribution in [3.05, 3.63) is 54.1 Å². The van der Waals surface area contributed by atoms with Gasteiger partial charge in [0.05, 0.1) is 11.9 Å². The van der Waals surface area contributed by atoms with Crippen LogP contribution in [0, 0.1) is 6.92 Å². The third-order valence-corrected chi connectivity index (χ3v) is 5.12. The van der Waals surface area contributed by atoms with Gasteiger partial charge in [0.25, 0.3) is 0 Å². The normalized spacial score (nSPS) is 11.0. The lowest BCUT2D eigenvalue weighted by molar-refractivity contribution is -0.116. The summed E-state index contributed by atoms with van der Waals surface area (Å²) in [5.41, 5.74) is 2.71. The zero-order valence-corrected chi connectivity index (χ0v) is 17.0. The van der Waals surface area contributed by atoms with Gasteiger partial charge in [0, 0.05) is 31.3 Å². The number of rotatable bonds is 8. The van der Waals surface area contributed by atoms with E-state index in [4.69, 9.17) is 0 Å². The number of carbonyl (C=O) groups excluding carboxylic acids is 2. The van der Waals surface area contributed by atoms with E-state index in [2.05, 4.69) is 10.6 Å². The van der Waals surface area contributed by atoms with Crippen LogP contribution in [0.5, 0.6) is 0 Å². The van der Waals surface area contributed by atoms with E-state index < -0.39 is 10.0 Å². The molecule has 7 nitrogen and oxygen atoms in total. The molecule has 28 heavy (non-hydrogen) atoms. The first kappa shape index (κ1) is 21.4. The van der Waals surface area contributed by atoms with Gasteiger partial charge in [-0.05, 0) is 49.2 Å². The van der Waals surface area contributed by atoms with Crippen molar-refractivity contribution >= 4 is 38.9 Å². The second-order valence-corrected chi connectivity index (χ2v) is 8.49. The maximum atomic E-state index is 12.2. The molecule has 0 spiro atoms. The average Bonchev–Trinajstić information content (AvgIpc) is 2.57. The minimum atomic E-state index is -3.45. The van der Waals surface area contributed by atoms with Crippen molar-refractivity contribution in [1.29, 1.82) is 0 Å². The van der Waals surface area contributed by atoms with E-state index >= 15 is 0 Å². The van der Waals surface area contributed by atoms with Crippen LogP contribution in [-0.2, 0) is 19.6 Å². The topological polar surface area (TPSA) is 95.6 Å². The van der Waals surface area contributed by atoms with E-state index in [9.17, 15) is 18.0 Å². The fraction of sp³-hybridized carbons (Fsp3) is 0.300. The van der Waals surface area contributed by atoms with Crippen molar-refractivity contribution in [2.75, 3.05) is 27.7 Å². The number of sulfonamides is 1. The number of amides is 2. The van der Waals surface area contributed by atoms with Crippen molar-refractivity contribution < 1.29 is 18.0 Å². The highest BCUT2D eigenvalue weighted by Crippen LogP contribution is 2.20. The first-order chi connectivity index (χ1) is 13.1. The number of nitrogens with zero attached hydrogens (tertiary/aromatic N) is 1. The summed E-state index contributed by atoms with van der Waals surface area (Å²) in [7, 11) is -3.45. The van der Waals surface area contributed by atoms with Crippen LogP contribution >= 0.6 is 0 Å².